The molecule has 1 amide bonds. The number of hydrogen-bond acceptors (Lipinski definition) is 3. The number of hydrogen-bond donors (Lipinski definition) is 1. The SMILES string of the molecule is N#CCc1ccc(NC(=O)CSc2ccc(Cl)cc2)cc1. The lowest BCUT2D eigenvalue weighted by Gasteiger charge is -2.06. The van der Waals surface area contributed by atoms with Gasteiger partial charge in [-0.3, -0.25) is 4.79 Å². The van der Waals surface area contributed by atoms with Crippen molar-refractivity contribution >= 4 is 35.0 Å². The van der Waals surface area contributed by atoms with Crippen molar-refractivity contribution < 1.29 is 4.79 Å². The van der Waals surface area contributed by atoms with Gasteiger partial charge in [-0.15, -0.1) is 11.8 Å². The first-order valence-electron chi connectivity index (χ1n) is 6.31. The standard InChI is InChI=1S/C16H13ClN2OS/c17-13-3-7-15(8-4-13)21-11-16(20)19-14-5-1-12(2-6-14)9-10-18/h1-8H,9,11H2,(H,19,20). The monoisotopic (exact) mass is 316 g/mol. The molecule has 0 heterocycles. The van der Waals surface area contributed by atoms with E-state index in [0.717, 1.165) is 16.1 Å². The van der Waals surface area contributed by atoms with Crippen LogP contribution in [0.25, 0.3) is 0 Å². The van der Waals surface area contributed by atoms with Gasteiger partial charge in [0.1, 0.15) is 0 Å². The van der Waals surface area contributed by atoms with Crippen LogP contribution in [0.15, 0.2) is 53.4 Å². The number of amides is 1. The van der Waals surface area contributed by atoms with E-state index in [9.17, 15) is 4.79 Å². The second kappa shape index (κ2) is 7.72. The Balaban J connectivity index is 1.84. The third kappa shape index (κ3) is 5.14. The van der Waals surface area contributed by atoms with Gasteiger partial charge in [0.25, 0.3) is 0 Å². The molecule has 2 aromatic rings. The first-order chi connectivity index (χ1) is 10.2. The summed E-state index contributed by atoms with van der Waals surface area (Å²) in [6.07, 6.45) is 0.376. The van der Waals surface area contributed by atoms with Crippen LogP contribution in [0.3, 0.4) is 0 Å². The lowest BCUT2D eigenvalue weighted by atomic mass is 10.1. The Morgan fingerprint density at radius 2 is 1.81 bits per heavy atom. The first-order valence-corrected chi connectivity index (χ1v) is 7.68. The normalized spacial score (nSPS) is 9.90. The summed E-state index contributed by atoms with van der Waals surface area (Å²) < 4.78 is 0. The number of benzene rings is 2. The summed E-state index contributed by atoms with van der Waals surface area (Å²) in [6, 6.07) is 16.7. The summed E-state index contributed by atoms with van der Waals surface area (Å²) in [6.45, 7) is 0. The van der Waals surface area contributed by atoms with E-state index in [4.69, 9.17) is 16.9 Å². The van der Waals surface area contributed by atoms with Crippen LogP contribution < -0.4 is 5.32 Å². The highest BCUT2D eigenvalue weighted by molar-refractivity contribution is 8.00. The molecule has 0 bridgehead atoms. The Bertz CT molecular complexity index is 647. The molecule has 21 heavy (non-hydrogen) atoms. The van der Waals surface area contributed by atoms with E-state index in [-0.39, 0.29) is 5.91 Å². The van der Waals surface area contributed by atoms with Crippen molar-refractivity contribution in [2.24, 2.45) is 0 Å². The Labute approximate surface area is 132 Å². The lowest BCUT2D eigenvalue weighted by Crippen LogP contribution is -2.13. The van der Waals surface area contributed by atoms with Crippen LogP contribution in [0, 0.1) is 11.3 Å². The number of carbonyl (C=O) groups is 1. The minimum Gasteiger partial charge on any atom is -0.325 e. The number of anilines is 1. The van der Waals surface area contributed by atoms with Gasteiger partial charge in [-0.2, -0.15) is 5.26 Å². The van der Waals surface area contributed by atoms with Gasteiger partial charge in [0.05, 0.1) is 18.2 Å². The van der Waals surface area contributed by atoms with Crippen LogP contribution in [-0.2, 0) is 11.2 Å². The summed E-state index contributed by atoms with van der Waals surface area (Å²) >= 11 is 7.26. The molecule has 106 valence electrons. The minimum atomic E-state index is -0.0667. The van der Waals surface area contributed by atoms with E-state index < -0.39 is 0 Å². The second-order valence-electron chi connectivity index (χ2n) is 4.32. The first kappa shape index (κ1) is 15.4. The van der Waals surface area contributed by atoms with Crippen molar-refractivity contribution in [3.63, 3.8) is 0 Å². The molecule has 0 aliphatic heterocycles. The van der Waals surface area contributed by atoms with Crippen LogP contribution in [0.4, 0.5) is 5.69 Å². The summed E-state index contributed by atoms with van der Waals surface area (Å²) in [5.74, 6) is 0.268. The van der Waals surface area contributed by atoms with Crippen LogP contribution >= 0.6 is 23.4 Å². The minimum absolute atomic E-state index is 0.0667. The van der Waals surface area contributed by atoms with Gasteiger partial charge < -0.3 is 5.32 Å². The van der Waals surface area contributed by atoms with Gasteiger partial charge >= 0.3 is 0 Å². The Morgan fingerprint density at radius 1 is 1.14 bits per heavy atom. The van der Waals surface area contributed by atoms with Gasteiger partial charge in [-0.1, -0.05) is 23.7 Å². The average molecular weight is 317 g/mol. The van der Waals surface area contributed by atoms with E-state index in [1.807, 2.05) is 24.3 Å². The summed E-state index contributed by atoms with van der Waals surface area (Å²) in [4.78, 5) is 12.9. The third-order valence-corrected chi connectivity index (χ3v) is 3.97. The molecule has 2 aromatic carbocycles. The predicted molar refractivity (Wildman–Crippen MR) is 86.6 cm³/mol. The van der Waals surface area contributed by atoms with E-state index in [2.05, 4.69) is 11.4 Å². The zero-order valence-corrected chi connectivity index (χ0v) is 12.7. The van der Waals surface area contributed by atoms with E-state index >= 15 is 0 Å². The van der Waals surface area contributed by atoms with Gasteiger partial charge in [0.2, 0.25) is 5.91 Å². The van der Waals surface area contributed by atoms with Crippen molar-refractivity contribution in [3.05, 3.63) is 59.1 Å². The maximum atomic E-state index is 11.9. The number of halogens is 1. The molecule has 0 aromatic heterocycles. The largest absolute Gasteiger partial charge is 0.325 e. The van der Waals surface area contributed by atoms with Crippen LogP contribution in [-0.4, -0.2) is 11.7 Å². The molecule has 5 heteroatoms. The number of thioether (sulfide) groups is 1. The average Bonchev–Trinajstić information content (AvgIpc) is 2.49. The Hall–Kier alpha value is -1.96. The zero-order valence-electron chi connectivity index (χ0n) is 11.2. The summed E-state index contributed by atoms with van der Waals surface area (Å²) in [7, 11) is 0. The summed E-state index contributed by atoms with van der Waals surface area (Å²) in [5, 5.41) is 12.1. The van der Waals surface area contributed by atoms with Gasteiger partial charge in [-0.25, -0.2) is 0 Å². The molecule has 0 aliphatic carbocycles. The Kier molecular flexibility index (Phi) is 5.68. The topological polar surface area (TPSA) is 52.9 Å². The molecular formula is C16H13ClN2OS. The number of nitrogens with one attached hydrogen (secondary N) is 1. The van der Waals surface area contributed by atoms with E-state index in [0.29, 0.717) is 17.2 Å². The maximum Gasteiger partial charge on any atom is 0.234 e. The number of carbonyl (C=O) groups excluding carboxylic acids is 1. The fraction of sp³-hybridized carbons (Fsp3) is 0.125. The number of nitrogens with zero attached hydrogens (tertiary/aromatic N) is 1. The molecule has 0 saturated carbocycles. The molecule has 0 spiro atoms. The number of nitriles is 1. The van der Waals surface area contributed by atoms with Crippen LogP contribution in [0.1, 0.15) is 5.56 Å². The third-order valence-electron chi connectivity index (χ3n) is 2.70. The highest BCUT2D eigenvalue weighted by Crippen LogP contribution is 2.20. The van der Waals surface area contributed by atoms with Crippen molar-refractivity contribution in [1.29, 1.82) is 5.26 Å². The molecule has 0 saturated heterocycles. The highest BCUT2D eigenvalue weighted by Gasteiger charge is 2.04. The van der Waals surface area contributed by atoms with Crippen molar-refractivity contribution in [2.75, 3.05) is 11.1 Å². The van der Waals surface area contributed by atoms with Gasteiger partial charge in [0.15, 0.2) is 0 Å². The van der Waals surface area contributed by atoms with Gasteiger partial charge in [-0.05, 0) is 42.0 Å². The Morgan fingerprint density at radius 3 is 2.43 bits per heavy atom. The molecule has 0 aliphatic rings. The molecule has 2 rings (SSSR count). The zero-order chi connectivity index (χ0) is 15.1. The lowest BCUT2D eigenvalue weighted by molar-refractivity contribution is -0.113. The van der Waals surface area contributed by atoms with Crippen LogP contribution in [0.2, 0.25) is 5.02 Å². The van der Waals surface area contributed by atoms with Crippen LogP contribution in [0.5, 0.6) is 0 Å². The van der Waals surface area contributed by atoms with Gasteiger partial charge in [0, 0.05) is 15.6 Å². The fourth-order valence-corrected chi connectivity index (χ4v) is 2.50. The molecule has 0 radical (unpaired) electrons. The number of rotatable bonds is 5. The fourth-order valence-electron chi connectivity index (χ4n) is 1.67. The maximum absolute atomic E-state index is 11.9. The highest BCUT2D eigenvalue weighted by atomic mass is 35.5. The van der Waals surface area contributed by atoms with Crippen molar-refractivity contribution in [1.82, 2.24) is 0 Å². The van der Waals surface area contributed by atoms with Crippen molar-refractivity contribution in [2.45, 2.75) is 11.3 Å². The second-order valence-corrected chi connectivity index (χ2v) is 5.81. The predicted octanol–water partition coefficient (Wildman–Crippen LogP) is 4.14. The molecule has 0 fully saturated rings. The summed E-state index contributed by atoms with van der Waals surface area (Å²) in [5.41, 5.74) is 1.67. The van der Waals surface area contributed by atoms with Crippen molar-refractivity contribution in [3.8, 4) is 6.07 Å². The smallest absolute Gasteiger partial charge is 0.234 e. The molecular weight excluding hydrogens is 304 g/mol. The molecule has 0 unspecified atom stereocenters. The molecule has 1 N–H and O–H groups in total. The molecule has 3 nitrogen and oxygen atoms in total. The molecule has 0 atom stereocenters. The van der Waals surface area contributed by atoms with E-state index in [1.165, 1.54) is 11.8 Å². The van der Waals surface area contributed by atoms with E-state index in [1.54, 1.807) is 24.3 Å². The quantitative estimate of drug-likeness (QED) is 0.844.